The van der Waals surface area contributed by atoms with Crippen molar-refractivity contribution in [2.24, 2.45) is 0 Å². The minimum atomic E-state index is -0.399. The average Bonchev–Trinajstić information content (AvgIpc) is 2.36. The number of ether oxygens (including phenoxy) is 1. The SMILES string of the molecule is CC(C)(CCO)NC(=O)CCCOc1ccc(F)cc1. The first-order valence-electron chi connectivity index (χ1n) is 6.73. The number of nitrogens with one attached hydrogen (secondary N) is 1. The van der Waals surface area contributed by atoms with Crippen molar-refractivity contribution >= 4 is 5.91 Å². The molecule has 0 aliphatic rings. The van der Waals surface area contributed by atoms with E-state index < -0.39 is 5.54 Å². The monoisotopic (exact) mass is 283 g/mol. The van der Waals surface area contributed by atoms with Gasteiger partial charge >= 0.3 is 0 Å². The van der Waals surface area contributed by atoms with Gasteiger partial charge in [0.2, 0.25) is 5.91 Å². The van der Waals surface area contributed by atoms with Gasteiger partial charge in [-0.1, -0.05) is 0 Å². The number of carbonyl (C=O) groups is 1. The topological polar surface area (TPSA) is 58.6 Å². The molecule has 0 aromatic heterocycles. The summed E-state index contributed by atoms with van der Waals surface area (Å²) in [6, 6.07) is 5.78. The van der Waals surface area contributed by atoms with Gasteiger partial charge in [0, 0.05) is 18.6 Å². The predicted octanol–water partition coefficient (Wildman–Crippen LogP) is 2.26. The Bertz CT molecular complexity index is 418. The highest BCUT2D eigenvalue weighted by atomic mass is 19.1. The lowest BCUT2D eigenvalue weighted by atomic mass is 10.0. The molecule has 112 valence electrons. The van der Waals surface area contributed by atoms with E-state index in [1.807, 2.05) is 13.8 Å². The van der Waals surface area contributed by atoms with Gasteiger partial charge in [-0.2, -0.15) is 0 Å². The van der Waals surface area contributed by atoms with Gasteiger partial charge in [-0.25, -0.2) is 4.39 Å². The highest BCUT2D eigenvalue weighted by Crippen LogP contribution is 2.12. The Morgan fingerprint density at radius 2 is 2.00 bits per heavy atom. The molecule has 1 aromatic rings. The van der Waals surface area contributed by atoms with Crippen molar-refractivity contribution in [3.63, 3.8) is 0 Å². The van der Waals surface area contributed by atoms with Crippen LogP contribution in [0.25, 0.3) is 0 Å². The Kier molecular flexibility index (Phi) is 6.45. The molecular formula is C15H22FNO3. The third kappa shape index (κ3) is 6.52. The molecule has 5 heteroatoms. The highest BCUT2D eigenvalue weighted by molar-refractivity contribution is 5.76. The lowest BCUT2D eigenvalue weighted by Gasteiger charge is -2.25. The second-order valence-electron chi connectivity index (χ2n) is 5.31. The van der Waals surface area contributed by atoms with Crippen LogP contribution in [-0.4, -0.2) is 29.8 Å². The van der Waals surface area contributed by atoms with Crippen LogP contribution in [0.3, 0.4) is 0 Å². The molecule has 2 N–H and O–H groups in total. The highest BCUT2D eigenvalue weighted by Gasteiger charge is 2.19. The number of hydrogen-bond acceptors (Lipinski definition) is 3. The number of rotatable bonds is 8. The van der Waals surface area contributed by atoms with Crippen molar-refractivity contribution in [1.82, 2.24) is 5.32 Å². The maximum Gasteiger partial charge on any atom is 0.220 e. The van der Waals surface area contributed by atoms with Gasteiger partial charge in [-0.15, -0.1) is 0 Å². The molecule has 1 rings (SSSR count). The van der Waals surface area contributed by atoms with Crippen molar-refractivity contribution in [3.8, 4) is 5.75 Å². The van der Waals surface area contributed by atoms with E-state index in [-0.39, 0.29) is 18.3 Å². The Labute approximate surface area is 119 Å². The van der Waals surface area contributed by atoms with E-state index in [0.717, 1.165) is 0 Å². The summed E-state index contributed by atoms with van der Waals surface area (Å²) in [5.41, 5.74) is -0.399. The van der Waals surface area contributed by atoms with E-state index in [2.05, 4.69) is 5.32 Å². The van der Waals surface area contributed by atoms with Crippen molar-refractivity contribution in [1.29, 1.82) is 0 Å². The molecule has 0 spiro atoms. The fraction of sp³-hybridized carbons (Fsp3) is 0.533. The van der Waals surface area contributed by atoms with E-state index >= 15 is 0 Å². The third-order valence-corrected chi connectivity index (χ3v) is 2.85. The van der Waals surface area contributed by atoms with Gasteiger partial charge < -0.3 is 15.2 Å². The van der Waals surface area contributed by atoms with Crippen LogP contribution in [0.4, 0.5) is 4.39 Å². The van der Waals surface area contributed by atoms with E-state index in [4.69, 9.17) is 9.84 Å². The Balaban J connectivity index is 2.20. The normalized spacial score (nSPS) is 11.2. The van der Waals surface area contributed by atoms with Crippen LogP contribution in [0.1, 0.15) is 33.1 Å². The van der Waals surface area contributed by atoms with Gasteiger partial charge in [0.1, 0.15) is 11.6 Å². The van der Waals surface area contributed by atoms with Gasteiger partial charge in [0.25, 0.3) is 0 Å². The molecule has 0 fully saturated rings. The zero-order valence-corrected chi connectivity index (χ0v) is 12.0. The molecule has 0 aliphatic heterocycles. The third-order valence-electron chi connectivity index (χ3n) is 2.85. The Morgan fingerprint density at radius 1 is 1.35 bits per heavy atom. The molecule has 0 radical (unpaired) electrons. The number of halogens is 1. The Hall–Kier alpha value is -1.62. The van der Waals surface area contributed by atoms with Crippen molar-refractivity contribution in [2.75, 3.05) is 13.2 Å². The fourth-order valence-electron chi connectivity index (χ4n) is 1.74. The van der Waals surface area contributed by atoms with E-state index in [1.54, 1.807) is 12.1 Å². The molecule has 0 aliphatic carbocycles. The molecule has 1 aromatic carbocycles. The quantitative estimate of drug-likeness (QED) is 0.719. The number of hydrogen-bond donors (Lipinski definition) is 2. The summed E-state index contributed by atoms with van der Waals surface area (Å²) in [5, 5.41) is 11.7. The number of aliphatic hydroxyl groups excluding tert-OH is 1. The van der Waals surface area contributed by atoms with Gasteiger partial charge in [-0.3, -0.25) is 4.79 Å². The molecule has 0 saturated carbocycles. The molecule has 4 nitrogen and oxygen atoms in total. The number of carbonyl (C=O) groups excluding carboxylic acids is 1. The summed E-state index contributed by atoms with van der Waals surface area (Å²) in [4.78, 5) is 11.7. The van der Waals surface area contributed by atoms with Gasteiger partial charge in [0.15, 0.2) is 0 Å². The first-order chi connectivity index (χ1) is 9.43. The van der Waals surface area contributed by atoms with Crippen molar-refractivity contribution in [2.45, 2.75) is 38.6 Å². The fourth-order valence-corrected chi connectivity index (χ4v) is 1.74. The molecule has 0 heterocycles. The summed E-state index contributed by atoms with van der Waals surface area (Å²) in [6.45, 7) is 4.19. The van der Waals surface area contributed by atoms with Crippen LogP contribution in [0.15, 0.2) is 24.3 Å². The molecule has 0 unspecified atom stereocenters. The summed E-state index contributed by atoms with van der Waals surface area (Å²) in [7, 11) is 0. The van der Waals surface area contributed by atoms with Crippen LogP contribution in [0, 0.1) is 5.82 Å². The van der Waals surface area contributed by atoms with Crippen LogP contribution in [0.2, 0.25) is 0 Å². The molecule has 0 saturated heterocycles. The largest absolute Gasteiger partial charge is 0.494 e. The number of aliphatic hydroxyl groups is 1. The minimum Gasteiger partial charge on any atom is -0.494 e. The van der Waals surface area contributed by atoms with Crippen LogP contribution < -0.4 is 10.1 Å². The van der Waals surface area contributed by atoms with E-state index in [0.29, 0.717) is 31.6 Å². The smallest absolute Gasteiger partial charge is 0.220 e. The first kappa shape index (κ1) is 16.4. The average molecular weight is 283 g/mol. The lowest BCUT2D eigenvalue weighted by molar-refractivity contribution is -0.123. The maximum atomic E-state index is 12.7. The molecular weight excluding hydrogens is 261 g/mol. The summed E-state index contributed by atoms with van der Waals surface area (Å²) in [5.74, 6) is 0.224. The number of amides is 1. The molecule has 0 atom stereocenters. The van der Waals surface area contributed by atoms with Crippen LogP contribution in [-0.2, 0) is 4.79 Å². The van der Waals surface area contributed by atoms with Crippen LogP contribution >= 0.6 is 0 Å². The standard InChI is InChI=1S/C15H22FNO3/c1-15(2,9-10-18)17-14(19)4-3-11-20-13-7-5-12(16)6-8-13/h5-8,18H,3-4,9-11H2,1-2H3,(H,17,19). The minimum absolute atomic E-state index is 0.0426. The Morgan fingerprint density at radius 3 is 2.60 bits per heavy atom. The molecule has 0 bridgehead atoms. The maximum absolute atomic E-state index is 12.7. The molecule has 20 heavy (non-hydrogen) atoms. The second-order valence-corrected chi connectivity index (χ2v) is 5.31. The van der Waals surface area contributed by atoms with E-state index in [1.165, 1.54) is 12.1 Å². The second kappa shape index (κ2) is 7.85. The van der Waals surface area contributed by atoms with Crippen molar-refractivity contribution in [3.05, 3.63) is 30.1 Å². The molecule has 1 amide bonds. The first-order valence-corrected chi connectivity index (χ1v) is 6.73. The van der Waals surface area contributed by atoms with Gasteiger partial charge in [0.05, 0.1) is 6.61 Å². The summed E-state index contributed by atoms with van der Waals surface area (Å²) in [6.07, 6.45) is 1.46. The van der Waals surface area contributed by atoms with Crippen molar-refractivity contribution < 1.29 is 19.0 Å². The zero-order valence-electron chi connectivity index (χ0n) is 12.0. The zero-order chi connectivity index (χ0) is 15.0. The van der Waals surface area contributed by atoms with E-state index in [9.17, 15) is 9.18 Å². The predicted molar refractivity (Wildman–Crippen MR) is 75.1 cm³/mol. The number of benzene rings is 1. The summed E-state index contributed by atoms with van der Waals surface area (Å²) >= 11 is 0. The van der Waals surface area contributed by atoms with Gasteiger partial charge in [-0.05, 0) is 51.0 Å². The lowest BCUT2D eigenvalue weighted by Crippen LogP contribution is -2.44. The summed E-state index contributed by atoms with van der Waals surface area (Å²) < 4.78 is 18.1. The van der Waals surface area contributed by atoms with Crippen LogP contribution in [0.5, 0.6) is 5.75 Å².